The molecule has 0 radical (unpaired) electrons. The second-order valence-corrected chi connectivity index (χ2v) is 5.32. The van der Waals surface area contributed by atoms with Crippen LogP contribution in [0.4, 0.5) is 0 Å². The van der Waals surface area contributed by atoms with E-state index >= 15 is 0 Å². The fourth-order valence-electron chi connectivity index (χ4n) is 2.52. The molecular weight excluding hydrogens is 216 g/mol. The predicted molar refractivity (Wildman–Crippen MR) is 68.6 cm³/mol. The molecule has 0 spiro atoms. The van der Waals surface area contributed by atoms with Gasteiger partial charge in [0.1, 0.15) is 0 Å². The summed E-state index contributed by atoms with van der Waals surface area (Å²) in [5.41, 5.74) is 0. The van der Waals surface area contributed by atoms with Crippen LogP contribution < -0.4 is 5.32 Å². The summed E-state index contributed by atoms with van der Waals surface area (Å²) < 4.78 is 5.15. The predicted octanol–water partition coefficient (Wildman–Crippen LogP) is 1.60. The van der Waals surface area contributed by atoms with E-state index in [0.29, 0.717) is 12.5 Å². The second kappa shape index (κ2) is 6.36. The molecule has 0 aromatic carbocycles. The number of nitrogens with zero attached hydrogens (tertiary/aromatic N) is 1. The molecule has 3 atom stereocenters. The van der Waals surface area contributed by atoms with Gasteiger partial charge in [0.2, 0.25) is 5.91 Å². The first kappa shape index (κ1) is 14.5. The molecule has 1 rings (SSSR count). The minimum atomic E-state index is -0.0146. The fourth-order valence-corrected chi connectivity index (χ4v) is 2.52. The van der Waals surface area contributed by atoms with Crippen molar-refractivity contribution in [3.8, 4) is 0 Å². The van der Waals surface area contributed by atoms with Gasteiger partial charge in [0.15, 0.2) is 0 Å². The van der Waals surface area contributed by atoms with Gasteiger partial charge in [0.05, 0.1) is 24.9 Å². The molecule has 1 amide bonds. The number of rotatable bonds is 6. The SMILES string of the molecule is CCC1NC(CC(C)C)C(=O)N1C(C)COC. The molecule has 4 nitrogen and oxygen atoms in total. The largest absolute Gasteiger partial charge is 0.383 e. The number of hydrogen-bond acceptors (Lipinski definition) is 3. The highest BCUT2D eigenvalue weighted by atomic mass is 16.5. The van der Waals surface area contributed by atoms with E-state index in [4.69, 9.17) is 4.74 Å². The number of ether oxygens (including phenoxy) is 1. The van der Waals surface area contributed by atoms with E-state index in [1.165, 1.54) is 0 Å². The Balaban J connectivity index is 2.71. The van der Waals surface area contributed by atoms with Gasteiger partial charge in [-0.1, -0.05) is 20.8 Å². The van der Waals surface area contributed by atoms with E-state index in [2.05, 4.69) is 26.1 Å². The summed E-state index contributed by atoms with van der Waals surface area (Å²) >= 11 is 0. The van der Waals surface area contributed by atoms with E-state index in [9.17, 15) is 4.79 Å². The highest BCUT2D eigenvalue weighted by molar-refractivity contribution is 5.84. The summed E-state index contributed by atoms with van der Waals surface area (Å²) in [5.74, 6) is 0.765. The third-order valence-electron chi connectivity index (χ3n) is 3.26. The highest BCUT2D eigenvalue weighted by Crippen LogP contribution is 2.21. The molecule has 100 valence electrons. The standard InChI is InChI=1S/C13H26N2O2/c1-6-12-14-11(7-9(2)3)13(16)15(12)10(4)8-17-5/h9-12,14H,6-8H2,1-5H3. The lowest BCUT2D eigenvalue weighted by Crippen LogP contribution is -2.44. The zero-order valence-electron chi connectivity index (χ0n) is 11.7. The van der Waals surface area contributed by atoms with Gasteiger partial charge < -0.3 is 9.64 Å². The average Bonchev–Trinajstić information content (AvgIpc) is 2.55. The fraction of sp³-hybridized carbons (Fsp3) is 0.923. The Morgan fingerprint density at radius 1 is 1.41 bits per heavy atom. The molecule has 0 bridgehead atoms. The number of carbonyl (C=O) groups excluding carboxylic acids is 1. The first-order valence-corrected chi connectivity index (χ1v) is 6.58. The van der Waals surface area contributed by atoms with Crippen LogP contribution in [0.5, 0.6) is 0 Å². The maximum atomic E-state index is 12.3. The lowest BCUT2D eigenvalue weighted by Gasteiger charge is -2.29. The zero-order chi connectivity index (χ0) is 13.0. The number of carbonyl (C=O) groups is 1. The van der Waals surface area contributed by atoms with Crippen molar-refractivity contribution >= 4 is 5.91 Å². The number of nitrogens with one attached hydrogen (secondary N) is 1. The van der Waals surface area contributed by atoms with E-state index < -0.39 is 0 Å². The van der Waals surface area contributed by atoms with E-state index in [1.54, 1.807) is 7.11 Å². The van der Waals surface area contributed by atoms with Gasteiger partial charge in [0.25, 0.3) is 0 Å². The quantitative estimate of drug-likeness (QED) is 0.769. The Bertz CT molecular complexity index is 256. The van der Waals surface area contributed by atoms with Crippen molar-refractivity contribution in [2.45, 2.75) is 58.8 Å². The van der Waals surface area contributed by atoms with Crippen LogP contribution in [0.25, 0.3) is 0 Å². The topological polar surface area (TPSA) is 41.6 Å². The Hall–Kier alpha value is -0.610. The van der Waals surface area contributed by atoms with Crippen molar-refractivity contribution in [2.75, 3.05) is 13.7 Å². The molecule has 0 aliphatic carbocycles. The van der Waals surface area contributed by atoms with Crippen LogP contribution in [0.1, 0.15) is 40.5 Å². The molecule has 1 aliphatic rings. The summed E-state index contributed by atoms with van der Waals surface area (Å²) in [4.78, 5) is 14.3. The number of hydrogen-bond donors (Lipinski definition) is 1. The molecule has 1 N–H and O–H groups in total. The van der Waals surface area contributed by atoms with Crippen LogP contribution in [0.3, 0.4) is 0 Å². The molecule has 4 heteroatoms. The maximum absolute atomic E-state index is 12.3. The van der Waals surface area contributed by atoms with Crippen LogP contribution in [0, 0.1) is 5.92 Å². The molecule has 1 fully saturated rings. The third-order valence-corrected chi connectivity index (χ3v) is 3.26. The van der Waals surface area contributed by atoms with Crippen molar-refractivity contribution in [1.29, 1.82) is 0 Å². The van der Waals surface area contributed by atoms with Gasteiger partial charge >= 0.3 is 0 Å². The maximum Gasteiger partial charge on any atom is 0.241 e. The molecule has 0 aromatic rings. The van der Waals surface area contributed by atoms with Crippen LogP contribution in [0.15, 0.2) is 0 Å². The third kappa shape index (κ3) is 3.42. The summed E-state index contributed by atoms with van der Waals surface area (Å²) in [6, 6.07) is 0.126. The summed E-state index contributed by atoms with van der Waals surface area (Å²) in [7, 11) is 1.68. The van der Waals surface area contributed by atoms with Gasteiger partial charge in [-0.3, -0.25) is 10.1 Å². The molecule has 1 saturated heterocycles. The van der Waals surface area contributed by atoms with Crippen molar-refractivity contribution in [3.63, 3.8) is 0 Å². The van der Waals surface area contributed by atoms with E-state index in [-0.39, 0.29) is 24.2 Å². The lowest BCUT2D eigenvalue weighted by atomic mass is 10.0. The molecule has 0 aromatic heterocycles. The molecule has 0 saturated carbocycles. The number of methoxy groups -OCH3 is 1. The van der Waals surface area contributed by atoms with E-state index in [0.717, 1.165) is 12.8 Å². The number of amides is 1. The Labute approximate surface area is 105 Å². The van der Waals surface area contributed by atoms with Crippen LogP contribution in [0.2, 0.25) is 0 Å². The Kier molecular flexibility index (Phi) is 5.40. The minimum absolute atomic E-state index is 0.0146. The minimum Gasteiger partial charge on any atom is -0.383 e. The van der Waals surface area contributed by atoms with Crippen molar-refractivity contribution in [3.05, 3.63) is 0 Å². The summed E-state index contributed by atoms with van der Waals surface area (Å²) in [6.45, 7) is 9.05. The second-order valence-electron chi connectivity index (χ2n) is 5.32. The van der Waals surface area contributed by atoms with Gasteiger partial charge in [-0.05, 0) is 25.7 Å². The lowest BCUT2D eigenvalue weighted by molar-refractivity contribution is -0.133. The van der Waals surface area contributed by atoms with E-state index in [1.807, 2.05) is 11.8 Å². The smallest absolute Gasteiger partial charge is 0.241 e. The molecule has 1 aliphatic heterocycles. The Morgan fingerprint density at radius 2 is 2.06 bits per heavy atom. The van der Waals surface area contributed by atoms with Crippen LogP contribution in [-0.4, -0.2) is 42.8 Å². The first-order chi connectivity index (χ1) is 8.01. The van der Waals surface area contributed by atoms with Gasteiger partial charge in [-0.25, -0.2) is 0 Å². The average molecular weight is 242 g/mol. The van der Waals surface area contributed by atoms with Crippen molar-refractivity contribution < 1.29 is 9.53 Å². The summed E-state index contributed by atoms with van der Waals surface area (Å²) in [6.07, 6.45) is 2.01. The van der Waals surface area contributed by atoms with Crippen molar-refractivity contribution in [2.24, 2.45) is 5.92 Å². The molecule has 17 heavy (non-hydrogen) atoms. The normalized spacial score (nSPS) is 26.9. The van der Waals surface area contributed by atoms with Gasteiger partial charge in [0, 0.05) is 7.11 Å². The Morgan fingerprint density at radius 3 is 2.53 bits per heavy atom. The van der Waals surface area contributed by atoms with Crippen molar-refractivity contribution in [1.82, 2.24) is 10.2 Å². The van der Waals surface area contributed by atoms with Gasteiger partial charge in [-0.15, -0.1) is 0 Å². The monoisotopic (exact) mass is 242 g/mol. The first-order valence-electron chi connectivity index (χ1n) is 6.58. The highest BCUT2D eigenvalue weighted by Gasteiger charge is 2.40. The molecule has 3 unspecified atom stereocenters. The molecular formula is C13H26N2O2. The zero-order valence-corrected chi connectivity index (χ0v) is 11.7. The molecule has 1 heterocycles. The van der Waals surface area contributed by atoms with Crippen LogP contribution in [-0.2, 0) is 9.53 Å². The van der Waals surface area contributed by atoms with Crippen LogP contribution >= 0.6 is 0 Å². The van der Waals surface area contributed by atoms with Gasteiger partial charge in [-0.2, -0.15) is 0 Å². The summed E-state index contributed by atoms with van der Waals surface area (Å²) in [5, 5.41) is 3.43.